The fourth-order valence-electron chi connectivity index (χ4n) is 2.07. The summed E-state index contributed by atoms with van der Waals surface area (Å²) in [5.41, 5.74) is 5.08. The van der Waals surface area contributed by atoms with Gasteiger partial charge in [-0.15, -0.1) is 0 Å². The summed E-state index contributed by atoms with van der Waals surface area (Å²) in [6.45, 7) is 5.76. The average molecular weight is 322 g/mol. The van der Waals surface area contributed by atoms with Crippen LogP contribution in [-0.2, 0) is 20.9 Å². The second-order valence-electron chi connectivity index (χ2n) is 5.87. The van der Waals surface area contributed by atoms with Crippen molar-refractivity contribution in [3.05, 3.63) is 23.5 Å². The van der Waals surface area contributed by atoms with E-state index in [-0.39, 0.29) is 36.9 Å². The molecule has 0 radical (unpaired) electrons. The molecule has 0 aliphatic rings. The van der Waals surface area contributed by atoms with E-state index >= 15 is 0 Å². The highest BCUT2D eigenvalue weighted by molar-refractivity contribution is 6.00. The van der Waals surface area contributed by atoms with Gasteiger partial charge in [0.25, 0.3) is 6.47 Å². The Hall–Kier alpha value is -2.28. The topological polar surface area (TPSA) is 109 Å². The summed E-state index contributed by atoms with van der Waals surface area (Å²) < 4.78 is 9.82. The molecule has 0 aliphatic heterocycles. The monoisotopic (exact) mass is 322 g/mol. The van der Waals surface area contributed by atoms with Gasteiger partial charge in [-0.3, -0.25) is 14.4 Å². The number of carbonyl (C=O) groups excluding carboxylic acids is 3. The van der Waals surface area contributed by atoms with Crippen LogP contribution in [0.1, 0.15) is 43.2 Å². The zero-order valence-electron chi connectivity index (χ0n) is 13.8. The molecule has 7 heteroatoms. The summed E-state index contributed by atoms with van der Waals surface area (Å²) in [6.07, 6.45) is 1.34. The second kappa shape index (κ2) is 7.82. The van der Waals surface area contributed by atoms with E-state index in [1.165, 1.54) is 19.4 Å². The van der Waals surface area contributed by atoms with Crippen LogP contribution in [0.2, 0.25) is 0 Å². The van der Waals surface area contributed by atoms with E-state index in [2.05, 4.69) is 4.98 Å². The van der Waals surface area contributed by atoms with Crippen LogP contribution in [0.25, 0.3) is 0 Å². The van der Waals surface area contributed by atoms with E-state index in [1.54, 1.807) is 6.92 Å². The summed E-state index contributed by atoms with van der Waals surface area (Å²) in [5, 5.41) is 0. The summed E-state index contributed by atoms with van der Waals surface area (Å²) >= 11 is 0. The minimum Gasteiger partial charge on any atom is -0.426 e. The van der Waals surface area contributed by atoms with E-state index in [4.69, 9.17) is 15.2 Å². The van der Waals surface area contributed by atoms with Crippen molar-refractivity contribution < 1.29 is 23.9 Å². The Morgan fingerprint density at radius 2 is 2.09 bits per heavy atom. The molecule has 0 spiro atoms. The Bertz CT molecular complexity index is 600. The van der Waals surface area contributed by atoms with Gasteiger partial charge in [-0.05, 0) is 17.5 Å². The van der Waals surface area contributed by atoms with Gasteiger partial charge in [-0.1, -0.05) is 20.8 Å². The summed E-state index contributed by atoms with van der Waals surface area (Å²) in [5.74, 6) is -1.07. The van der Waals surface area contributed by atoms with Crippen molar-refractivity contribution >= 4 is 18.2 Å². The van der Waals surface area contributed by atoms with Crippen molar-refractivity contribution in [3.8, 4) is 5.75 Å². The van der Waals surface area contributed by atoms with Crippen LogP contribution in [0.15, 0.2) is 12.3 Å². The Morgan fingerprint density at radius 1 is 1.43 bits per heavy atom. The minimum absolute atomic E-state index is 0.00919. The number of nitrogens with two attached hydrogens (primary N) is 1. The SMILES string of the molecule is COCc1cnc(C(=O)CC(C)(C(N)=O)C(C)C)c(OC=O)c1. The highest BCUT2D eigenvalue weighted by Gasteiger charge is 2.38. The van der Waals surface area contributed by atoms with Crippen molar-refractivity contribution in [2.45, 2.75) is 33.8 Å². The average Bonchev–Trinajstić information content (AvgIpc) is 2.47. The number of aromatic nitrogens is 1. The molecule has 1 unspecified atom stereocenters. The van der Waals surface area contributed by atoms with Gasteiger partial charge in [0.1, 0.15) is 5.69 Å². The number of primary amides is 1. The summed E-state index contributed by atoms with van der Waals surface area (Å²) in [7, 11) is 1.51. The smallest absolute Gasteiger partial charge is 0.298 e. The molecule has 7 nitrogen and oxygen atoms in total. The molecule has 0 fully saturated rings. The first-order valence-corrected chi connectivity index (χ1v) is 7.17. The molecule has 1 amide bonds. The number of nitrogens with zero attached hydrogens (tertiary/aromatic N) is 1. The molecule has 1 atom stereocenters. The lowest BCUT2D eigenvalue weighted by molar-refractivity contribution is -0.129. The highest BCUT2D eigenvalue weighted by atomic mass is 16.5. The van der Waals surface area contributed by atoms with E-state index in [0.29, 0.717) is 5.56 Å². The molecule has 23 heavy (non-hydrogen) atoms. The number of hydrogen-bond donors (Lipinski definition) is 1. The number of carbonyl (C=O) groups is 3. The molecule has 126 valence electrons. The van der Waals surface area contributed by atoms with Crippen molar-refractivity contribution in [1.29, 1.82) is 0 Å². The van der Waals surface area contributed by atoms with Crippen LogP contribution < -0.4 is 10.5 Å². The van der Waals surface area contributed by atoms with Gasteiger partial charge in [-0.25, -0.2) is 4.98 Å². The molecule has 0 saturated heterocycles. The molecule has 1 aromatic rings. The van der Waals surface area contributed by atoms with E-state index in [9.17, 15) is 14.4 Å². The van der Waals surface area contributed by atoms with Crippen LogP contribution in [-0.4, -0.2) is 30.3 Å². The third kappa shape index (κ3) is 4.35. The maximum atomic E-state index is 12.5. The van der Waals surface area contributed by atoms with Crippen molar-refractivity contribution in [3.63, 3.8) is 0 Å². The van der Waals surface area contributed by atoms with Crippen molar-refractivity contribution in [2.75, 3.05) is 7.11 Å². The molecule has 2 N–H and O–H groups in total. The molecule has 1 rings (SSSR count). The lowest BCUT2D eigenvalue weighted by atomic mass is 9.74. The van der Waals surface area contributed by atoms with Crippen molar-refractivity contribution in [2.24, 2.45) is 17.1 Å². The van der Waals surface area contributed by atoms with E-state index in [0.717, 1.165) is 0 Å². The van der Waals surface area contributed by atoms with Gasteiger partial charge in [0.2, 0.25) is 5.91 Å². The number of hydrogen-bond acceptors (Lipinski definition) is 6. The Morgan fingerprint density at radius 3 is 2.57 bits per heavy atom. The van der Waals surface area contributed by atoms with Crippen molar-refractivity contribution in [1.82, 2.24) is 4.98 Å². The van der Waals surface area contributed by atoms with E-state index < -0.39 is 17.1 Å². The maximum Gasteiger partial charge on any atom is 0.298 e. The van der Waals surface area contributed by atoms with Crippen LogP contribution in [0, 0.1) is 11.3 Å². The van der Waals surface area contributed by atoms with Crippen LogP contribution in [0.5, 0.6) is 5.75 Å². The van der Waals surface area contributed by atoms with Crippen LogP contribution >= 0.6 is 0 Å². The quantitative estimate of drug-likeness (QED) is 0.545. The summed E-state index contributed by atoms with van der Waals surface area (Å²) in [4.78, 5) is 39.0. The predicted octanol–water partition coefficient (Wildman–Crippen LogP) is 1.48. The second-order valence-corrected chi connectivity index (χ2v) is 5.87. The Labute approximate surface area is 135 Å². The van der Waals surface area contributed by atoms with Gasteiger partial charge in [0.15, 0.2) is 11.5 Å². The fraction of sp³-hybridized carbons (Fsp3) is 0.500. The zero-order chi connectivity index (χ0) is 17.6. The summed E-state index contributed by atoms with van der Waals surface area (Å²) in [6, 6.07) is 1.51. The Kier molecular flexibility index (Phi) is 6.38. The number of pyridine rings is 1. The van der Waals surface area contributed by atoms with Gasteiger partial charge in [0, 0.05) is 19.7 Å². The third-order valence-corrected chi connectivity index (χ3v) is 4.02. The van der Waals surface area contributed by atoms with Gasteiger partial charge >= 0.3 is 0 Å². The normalized spacial score (nSPS) is 13.4. The molecule has 1 heterocycles. The third-order valence-electron chi connectivity index (χ3n) is 4.02. The minimum atomic E-state index is -1.01. The van der Waals surface area contributed by atoms with Gasteiger partial charge in [0.05, 0.1) is 12.0 Å². The number of amides is 1. The first kappa shape index (κ1) is 18.8. The first-order valence-electron chi connectivity index (χ1n) is 7.17. The molecule has 1 aromatic heterocycles. The molecular formula is C16H22N2O5. The number of Topliss-reactive ketones (excluding diaryl/α,β-unsaturated/α-hetero) is 1. The molecule has 0 bridgehead atoms. The first-order chi connectivity index (χ1) is 10.8. The Balaban J connectivity index is 3.16. The fourth-order valence-corrected chi connectivity index (χ4v) is 2.07. The lowest BCUT2D eigenvalue weighted by Crippen LogP contribution is -2.40. The molecule has 0 saturated carbocycles. The van der Waals surface area contributed by atoms with Gasteiger partial charge < -0.3 is 15.2 Å². The molecular weight excluding hydrogens is 300 g/mol. The number of methoxy groups -OCH3 is 1. The number of ketones is 1. The predicted molar refractivity (Wildman–Crippen MR) is 82.7 cm³/mol. The highest BCUT2D eigenvalue weighted by Crippen LogP contribution is 2.33. The zero-order valence-corrected chi connectivity index (χ0v) is 13.8. The molecule has 0 aromatic carbocycles. The number of ether oxygens (including phenoxy) is 2. The maximum absolute atomic E-state index is 12.5. The largest absolute Gasteiger partial charge is 0.426 e. The number of rotatable bonds is 9. The van der Waals surface area contributed by atoms with Gasteiger partial charge in [-0.2, -0.15) is 0 Å². The standard InChI is InChI=1S/C16H22N2O5/c1-10(2)16(3,15(17)21)6-12(20)14-13(23-9-19)5-11(7-18-14)8-22-4/h5,7,9-10H,6,8H2,1-4H3,(H2,17,21). The van der Waals surface area contributed by atoms with Crippen LogP contribution in [0.4, 0.5) is 0 Å². The lowest BCUT2D eigenvalue weighted by Gasteiger charge is -2.29. The van der Waals surface area contributed by atoms with Crippen LogP contribution in [0.3, 0.4) is 0 Å². The van der Waals surface area contributed by atoms with E-state index in [1.807, 2.05) is 13.8 Å². The molecule has 0 aliphatic carbocycles.